The van der Waals surface area contributed by atoms with E-state index in [9.17, 15) is 18.0 Å². The molecule has 0 bridgehead atoms. The number of likely N-dealkylation sites (tertiary alicyclic amines) is 1. The fourth-order valence-corrected chi connectivity index (χ4v) is 4.95. The third-order valence-corrected chi connectivity index (χ3v) is 6.54. The number of carboxylic acid groups (broad SMARTS) is 1. The van der Waals surface area contributed by atoms with Crippen molar-refractivity contribution in [3.63, 3.8) is 0 Å². The molecule has 1 saturated heterocycles. The molecule has 0 aromatic carbocycles. The van der Waals surface area contributed by atoms with Crippen molar-refractivity contribution in [2.24, 2.45) is 16.8 Å². The van der Waals surface area contributed by atoms with E-state index in [1.54, 1.807) is 4.90 Å². The van der Waals surface area contributed by atoms with Crippen molar-refractivity contribution in [1.29, 1.82) is 0 Å². The number of rotatable bonds is 3. The minimum Gasteiger partial charge on any atom is -0.475 e. The molecular weight excluding hydrogens is 417 g/mol. The second-order valence-electron chi connectivity index (χ2n) is 8.37. The van der Waals surface area contributed by atoms with Gasteiger partial charge in [0.2, 0.25) is 0 Å². The van der Waals surface area contributed by atoms with Crippen molar-refractivity contribution in [3.8, 4) is 0 Å². The topological polar surface area (TPSA) is 99.2 Å². The number of amidine groups is 1. The average Bonchev–Trinajstić information content (AvgIpc) is 3.40. The average molecular weight is 444 g/mol. The molecule has 0 unspecified atom stereocenters. The number of aliphatic imine (C=N–C) groups is 1. The number of carbonyl (C=O) groups excluding carboxylic acids is 1. The highest BCUT2D eigenvalue weighted by Crippen LogP contribution is 2.50. The molecule has 3 aliphatic rings. The summed E-state index contributed by atoms with van der Waals surface area (Å²) in [5.74, 6) is 0.227. The number of aryl methyl sites for hydroxylation is 2. The van der Waals surface area contributed by atoms with Gasteiger partial charge in [0.1, 0.15) is 17.1 Å². The summed E-state index contributed by atoms with van der Waals surface area (Å²) in [5, 5.41) is 11.2. The zero-order valence-electron chi connectivity index (χ0n) is 18.0. The summed E-state index contributed by atoms with van der Waals surface area (Å²) in [6, 6.07) is 0. The molecule has 1 aromatic heterocycles. The minimum absolute atomic E-state index is 0.214. The first kappa shape index (κ1) is 23.2. The van der Waals surface area contributed by atoms with E-state index < -0.39 is 17.7 Å². The molecule has 1 aliphatic carbocycles. The molecule has 4 rings (SSSR count). The van der Waals surface area contributed by atoms with E-state index in [1.165, 1.54) is 5.56 Å². The molecule has 1 aromatic rings. The number of fused-ring (bicyclic) bond motifs is 2. The lowest BCUT2D eigenvalue weighted by atomic mass is 9.85. The highest BCUT2D eigenvalue weighted by atomic mass is 19.4. The van der Waals surface area contributed by atoms with Crippen molar-refractivity contribution in [2.75, 3.05) is 20.1 Å². The summed E-state index contributed by atoms with van der Waals surface area (Å²) in [6.07, 6.45) is -2.25. The lowest BCUT2D eigenvalue weighted by molar-refractivity contribution is -0.192. The molecule has 0 radical (unpaired) electrons. The molecule has 8 nitrogen and oxygen atoms in total. The third-order valence-electron chi connectivity index (χ3n) is 6.54. The van der Waals surface area contributed by atoms with Crippen molar-refractivity contribution >= 4 is 17.7 Å². The van der Waals surface area contributed by atoms with Crippen LogP contribution in [0, 0.1) is 25.7 Å². The molecule has 172 valence electrons. The molecule has 1 N–H and O–H groups in total. The van der Waals surface area contributed by atoms with Crippen LogP contribution in [0.15, 0.2) is 9.52 Å². The molecular formula is C20H27F3N4O4. The van der Waals surface area contributed by atoms with Gasteiger partial charge in [0.25, 0.3) is 5.91 Å². The minimum atomic E-state index is -5.08. The Balaban J connectivity index is 0.000000339. The monoisotopic (exact) mass is 444 g/mol. The quantitative estimate of drug-likeness (QED) is 0.770. The van der Waals surface area contributed by atoms with Crippen molar-refractivity contribution in [2.45, 2.75) is 58.3 Å². The van der Waals surface area contributed by atoms with E-state index in [1.807, 2.05) is 20.9 Å². The van der Waals surface area contributed by atoms with Gasteiger partial charge in [-0.3, -0.25) is 14.7 Å². The van der Waals surface area contributed by atoms with Crippen molar-refractivity contribution in [3.05, 3.63) is 17.0 Å². The summed E-state index contributed by atoms with van der Waals surface area (Å²) in [6.45, 7) is 8.89. The second-order valence-corrected chi connectivity index (χ2v) is 8.37. The molecule has 2 aliphatic heterocycles. The third kappa shape index (κ3) is 4.19. The van der Waals surface area contributed by atoms with Crippen LogP contribution in [0.4, 0.5) is 13.2 Å². The van der Waals surface area contributed by atoms with E-state index in [0.717, 1.165) is 56.2 Å². The van der Waals surface area contributed by atoms with Gasteiger partial charge in [-0.25, -0.2) is 4.79 Å². The highest BCUT2D eigenvalue weighted by Gasteiger charge is 2.60. The number of halogens is 3. The number of hydrogen-bond acceptors (Lipinski definition) is 6. The molecule has 2 fully saturated rings. The van der Waals surface area contributed by atoms with Gasteiger partial charge in [-0.05, 0) is 32.6 Å². The van der Waals surface area contributed by atoms with Crippen LogP contribution in [0.25, 0.3) is 0 Å². The number of aliphatic carboxylic acids is 1. The zero-order chi connectivity index (χ0) is 23.1. The lowest BCUT2D eigenvalue weighted by Crippen LogP contribution is -2.45. The van der Waals surface area contributed by atoms with Crippen LogP contribution in [-0.4, -0.2) is 69.6 Å². The Morgan fingerprint density at radius 1 is 1.32 bits per heavy atom. The standard InChI is InChI=1S/C18H26N4O2.C2HF3O2/c1-5-16-19-18(17(23)21(16)4)7-6-13-8-22(10-15(13)18)9-14-11(2)20-24-12(14)3;3-2(4,5)1(6)7/h13,15H,5-10H2,1-4H3;(H,6,7)/t13-,15+,18-;/m1./s1. The van der Waals surface area contributed by atoms with E-state index in [2.05, 4.69) is 17.0 Å². The summed E-state index contributed by atoms with van der Waals surface area (Å²) in [4.78, 5) is 31.0. The number of amides is 1. The van der Waals surface area contributed by atoms with Crippen molar-refractivity contribution in [1.82, 2.24) is 15.0 Å². The normalized spacial score (nSPS) is 28.0. The maximum Gasteiger partial charge on any atom is 0.490 e. The first-order chi connectivity index (χ1) is 14.4. The summed E-state index contributed by atoms with van der Waals surface area (Å²) < 4.78 is 37.0. The fourth-order valence-electron chi connectivity index (χ4n) is 4.95. The number of carbonyl (C=O) groups is 2. The van der Waals surface area contributed by atoms with Gasteiger partial charge < -0.3 is 14.5 Å². The molecule has 1 amide bonds. The Labute approximate surface area is 178 Å². The van der Waals surface area contributed by atoms with E-state index in [4.69, 9.17) is 19.4 Å². The van der Waals surface area contributed by atoms with Gasteiger partial charge >= 0.3 is 12.1 Å². The van der Waals surface area contributed by atoms with Crippen LogP contribution in [0.2, 0.25) is 0 Å². The zero-order valence-corrected chi connectivity index (χ0v) is 18.0. The molecule has 3 heterocycles. The first-order valence-electron chi connectivity index (χ1n) is 10.2. The number of carboxylic acids is 1. The highest BCUT2D eigenvalue weighted by molar-refractivity contribution is 6.08. The molecule has 3 atom stereocenters. The number of likely N-dealkylation sites (N-methyl/N-ethyl adjacent to an activating group) is 1. The maximum absolute atomic E-state index is 12.9. The summed E-state index contributed by atoms with van der Waals surface area (Å²) in [7, 11) is 1.88. The smallest absolute Gasteiger partial charge is 0.475 e. The number of nitrogens with zero attached hydrogens (tertiary/aromatic N) is 4. The molecule has 1 saturated carbocycles. The Morgan fingerprint density at radius 2 is 1.97 bits per heavy atom. The van der Waals surface area contributed by atoms with Gasteiger partial charge in [0.05, 0.1) is 5.69 Å². The second kappa shape index (κ2) is 8.25. The predicted octanol–water partition coefficient (Wildman–Crippen LogP) is 2.79. The predicted molar refractivity (Wildman–Crippen MR) is 104 cm³/mol. The van der Waals surface area contributed by atoms with Crippen LogP contribution in [0.1, 0.15) is 43.2 Å². The molecule has 1 spiro atoms. The van der Waals surface area contributed by atoms with Crippen LogP contribution in [-0.2, 0) is 16.1 Å². The van der Waals surface area contributed by atoms with Crippen LogP contribution < -0.4 is 0 Å². The van der Waals surface area contributed by atoms with Gasteiger partial charge in [-0.2, -0.15) is 13.2 Å². The van der Waals surface area contributed by atoms with Gasteiger partial charge in [0, 0.05) is 44.6 Å². The largest absolute Gasteiger partial charge is 0.490 e. The lowest BCUT2D eigenvalue weighted by Gasteiger charge is -2.27. The van der Waals surface area contributed by atoms with Gasteiger partial charge in [-0.1, -0.05) is 12.1 Å². The van der Waals surface area contributed by atoms with Crippen molar-refractivity contribution < 1.29 is 32.4 Å². The fraction of sp³-hybridized carbons (Fsp3) is 0.700. The SMILES string of the molecule is CCC1=N[C@@]2(CC[C@@H]3CN(Cc4c(C)noc4C)C[C@@H]32)C(=O)N1C.O=C(O)C(F)(F)F. The Kier molecular flexibility index (Phi) is 6.18. The Hall–Kier alpha value is -2.43. The van der Waals surface area contributed by atoms with Crippen LogP contribution in [0.5, 0.6) is 0 Å². The number of alkyl halides is 3. The molecule has 11 heteroatoms. The number of aromatic nitrogens is 1. The van der Waals surface area contributed by atoms with Gasteiger partial charge in [0.15, 0.2) is 0 Å². The van der Waals surface area contributed by atoms with Gasteiger partial charge in [-0.15, -0.1) is 0 Å². The van der Waals surface area contributed by atoms with E-state index in [0.29, 0.717) is 11.8 Å². The van der Waals surface area contributed by atoms with Crippen LogP contribution >= 0.6 is 0 Å². The number of hydrogen-bond donors (Lipinski definition) is 1. The van der Waals surface area contributed by atoms with E-state index in [-0.39, 0.29) is 5.91 Å². The first-order valence-corrected chi connectivity index (χ1v) is 10.2. The van der Waals surface area contributed by atoms with E-state index >= 15 is 0 Å². The Bertz CT molecular complexity index is 878. The summed E-state index contributed by atoms with van der Waals surface area (Å²) >= 11 is 0. The summed E-state index contributed by atoms with van der Waals surface area (Å²) in [5.41, 5.74) is 1.68. The Morgan fingerprint density at radius 3 is 2.45 bits per heavy atom. The molecule has 31 heavy (non-hydrogen) atoms. The maximum atomic E-state index is 12.9. The van der Waals surface area contributed by atoms with Crippen LogP contribution in [0.3, 0.4) is 0 Å².